The first-order valence-corrected chi connectivity index (χ1v) is 13.8. The third-order valence-corrected chi connectivity index (χ3v) is 7.04. The minimum Gasteiger partial charge on any atom is -0.493 e. The molecular weight excluding hydrogens is 540 g/mol. The van der Waals surface area contributed by atoms with E-state index in [1.54, 1.807) is 38.5 Å². The highest BCUT2D eigenvalue weighted by Crippen LogP contribution is 2.36. The SMILES string of the molecule is COc1cc(/C=C/C(=O)CC(=O)/C=C/c2cc(OC)c3oc(-c4ccccc4)cc3c2)cc2cc(-c3ccccc3)oc12. The summed E-state index contributed by atoms with van der Waals surface area (Å²) < 4.78 is 23.2. The molecule has 212 valence electrons. The van der Waals surface area contributed by atoms with Gasteiger partial charge in [-0.25, -0.2) is 0 Å². The molecule has 0 aliphatic rings. The number of furan rings is 2. The molecule has 4 aromatic carbocycles. The lowest BCUT2D eigenvalue weighted by atomic mass is 10.1. The fourth-order valence-corrected chi connectivity index (χ4v) is 4.94. The second-order valence-corrected chi connectivity index (χ2v) is 10.0. The number of hydrogen-bond donors (Lipinski definition) is 0. The monoisotopic (exact) mass is 568 g/mol. The van der Waals surface area contributed by atoms with E-state index in [2.05, 4.69) is 0 Å². The lowest BCUT2D eigenvalue weighted by Gasteiger charge is -2.03. The van der Waals surface area contributed by atoms with Gasteiger partial charge in [-0.1, -0.05) is 72.8 Å². The van der Waals surface area contributed by atoms with Crippen LogP contribution in [0.4, 0.5) is 0 Å². The van der Waals surface area contributed by atoms with Crippen LogP contribution in [0.1, 0.15) is 17.5 Å². The molecule has 0 aliphatic carbocycles. The predicted molar refractivity (Wildman–Crippen MR) is 169 cm³/mol. The molecule has 6 nitrogen and oxygen atoms in total. The fraction of sp³-hybridized carbons (Fsp3) is 0.0811. The third kappa shape index (κ3) is 6.04. The largest absolute Gasteiger partial charge is 0.493 e. The predicted octanol–water partition coefficient (Wildman–Crippen LogP) is 8.79. The van der Waals surface area contributed by atoms with E-state index in [4.69, 9.17) is 18.3 Å². The maximum Gasteiger partial charge on any atom is 0.176 e. The molecule has 2 heterocycles. The van der Waals surface area contributed by atoms with Gasteiger partial charge in [0.2, 0.25) is 0 Å². The van der Waals surface area contributed by atoms with Crippen LogP contribution in [0.2, 0.25) is 0 Å². The lowest BCUT2D eigenvalue weighted by molar-refractivity contribution is -0.121. The second kappa shape index (κ2) is 12.1. The summed E-state index contributed by atoms with van der Waals surface area (Å²) in [6.45, 7) is 0. The van der Waals surface area contributed by atoms with Gasteiger partial charge < -0.3 is 18.3 Å². The van der Waals surface area contributed by atoms with Crippen molar-refractivity contribution in [3.63, 3.8) is 0 Å². The Hall–Kier alpha value is -5.62. The zero-order chi connectivity index (χ0) is 29.8. The van der Waals surface area contributed by atoms with Gasteiger partial charge in [0.05, 0.1) is 20.6 Å². The van der Waals surface area contributed by atoms with Gasteiger partial charge >= 0.3 is 0 Å². The van der Waals surface area contributed by atoms with Crippen LogP contribution in [-0.2, 0) is 9.59 Å². The topological polar surface area (TPSA) is 78.9 Å². The number of benzene rings is 4. The maximum absolute atomic E-state index is 12.6. The van der Waals surface area contributed by atoms with Gasteiger partial charge in [0.1, 0.15) is 11.5 Å². The first-order valence-electron chi connectivity index (χ1n) is 13.8. The van der Waals surface area contributed by atoms with Crippen molar-refractivity contribution < 1.29 is 27.9 Å². The summed E-state index contributed by atoms with van der Waals surface area (Å²) in [5, 5.41) is 1.70. The third-order valence-electron chi connectivity index (χ3n) is 7.04. The van der Waals surface area contributed by atoms with Crippen LogP contribution in [0.25, 0.3) is 56.7 Å². The van der Waals surface area contributed by atoms with E-state index in [1.807, 2.05) is 84.9 Å². The van der Waals surface area contributed by atoms with Crippen molar-refractivity contribution in [2.24, 2.45) is 0 Å². The summed E-state index contributed by atoms with van der Waals surface area (Å²) in [6, 6.07) is 30.9. The number of ether oxygens (including phenoxy) is 2. The van der Waals surface area contributed by atoms with Gasteiger partial charge in [0.15, 0.2) is 34.2 Å². The lowest BCUT2D eigenvalue weighted by Crippen LogP contribution is -2.01. The van der Waals surface area contributed by atoms with Crippen molar-refractivity contribution in [1.82, 2.24) is 0 Å². The van der Waals surface area contributed by atoms with Gasteiger partial charge in [-0.3, -0.25) is 9.59 Å². The Bertz CT molecular complexity index is 1850. The second-order valence-electron chi connectivity index (χ2n) is 10.0. The molecule has 6 aromatic rings. The summed E-state index contributed by atoms with van der Waals surface area (Å²) in [4.78, 5) is 25.3. The molecule has 0 aliphatic heterocycles. The molecule has 0 radical (unpaired) electrons. The molecule has 2 aromatic heterocycles. The molecule has 0 atom stereocenters. The van der Waals surface area contributed by atoms with Crippen LogP contribution >= 0.6 is 0 Å². The Morgan fingerprint density at radius 1 is 0.605 bits per heavy atom. The smallest absolute Gasteiger partial charge is 0.176 e. The van der Waals surface area contributed by atoms with Crippen molar-refractivity contribution >= 4 is 45.7 Å². The number of methoxy groups -OCH3 is 2. The van der Waals surface area contributed by atoms with Crippen LogP contribution in [0, 0.1) is 0 Å². The molecule has 6 heteroatoms. The number of rotatable bonds is 10. The molecular formula is C37H28O6. The summed E-state index contributed by atoms with van der Waals surface area (Å²) in [5.41, 5.74) is 4.70. The minimum atomic E-state index is -0.304. The molecule has 0 saturated carbocycles. The van der Waals surface area contributed by atoms with E-state index < -0.39 is 0 Å². The number of fused-ring (bicyclic) bond motifs is 2. The Balaban J connectivity index is 1.15. The van der Waals surface area contributed by atoms with Gasteiger partial charge in [-0.15, -0.1) is 0 Å². The normalized spacial score (nSPS) is 11.6. The van der Waals surface area contributed by atoms with Gasteiger partial charge in [0, 0.05) is 21.9 Å². The molecule has 0 N–H and O–H groups in total. The maximum atomic E-state index is 12.6. The van der Waals surface area contributed by atoms with E-state index in [0.717, 1.165) is 44.5 Å². The first kappa shape index (κ1) is 27.5. The number of hydrogen-bond acceptors (Lipinski definition) is 6. The van der Waals surface area contributed by atoms with Crippen LogP contribution in [0.3, 0.4) is 0 Å². The Morgan fingerprint density at radius 3 is 1.42 bits per heavy atom. The summed E-state index contributed by atoms with van der Waals surface area (Å²) in [7, 11) is 3.15. The number of carbonyl (C=O) groups excluding carboxylic acids is 2. The molecule has 0 unspecified atom stereocenters. The zero-order valence-corrected chi connectivity index (χ0v) is 23.7. The Kier molecular flexibility index (Phi) is 7.74. The fourth-order valence-electron chi connectivity index (χ4n) is 4.94. The van der Waals surface area contributed by atoms with Crippen molar-refractivity contribution in [3.05, 3.63) is 120 Å². The van der Waals surface area contributed by atoms with Crippen molar-refractivity contribution in [2.45, 2.75) is 6.42 Å². The van der Waals surface area contributed by atoms with Crippen LogP contribution in [0.15, 0.2) is 118 Å². The highest BCUT2D eigenvalue weighted by molar-refractivity contribution is 6.11. The van der Waals surface area contributed by atoms with Crippen LogP contribution < -0.4 is 9.47 Å². The molecule has 0 bridgehead atoms. The Labute approximate surface area is 248 Å². The molecule has 43 heavy (non-hydrogen) atoms. The van der Waals surface area contributed by atoms with Crippen LogP contribution in [-0.4, -0.2) is 25.8 Å². The molecule has 0 amide bonds. The summed E-state index contributed by atoms with van der Waals surface area (Å²) in [5.74, 6) is 1.97. The number of carbonyl (C=O) groups is 2. The van der Waals surface area contributed by atoms with Gasteiger partial charge in [-0.05, 0) is 59.7 Å². The van der Waals surface area contributed by atoms with Gasteiger partial charge in [-0.2, -0.15) is 0 Å². The standard InChI is InChI=1S/C37H28O6/c1-40-34-19-24(17-28-21-32(42-36(28)34)26-9-5-3-6-10-26)13-15-30(38)23-31(39)16-14-25-18-29-22-33(27-11-7-4-8-12-27)43-37(29)35(20-25)41-2/h3-22H,23H2,1-2H3/b15-13+,16-14+. The van der Waals surface area contributed by atoms with Gasteiger partial charge in [0.25, 0.3) is 0 Å². The minimum absolute atomic E-state index is 0.251. The highest BCUT2D eigenvalue weighted by Gasteiger charge is 2.14. The molecule has 0 spiro atoms. The zero-order valence-electron chi connectivity index (χ0n) is 23.7. The average Bonchev–Trinajstić information content (AvgIpc) is 3.68. The van der Waals surface area contributed by atoms with Crippen molar-refractivity contribution in [1.29, 1.82) is 0 Å². The van der Waals surface area contributed by atoms with E-state index in [9.17, 15) is 9.59 Å². The summed E-state index contributed by atoms with van der Waals surface area (Å²) >= 11 is 0. The molecule has 0 saturated heterocycles. The molecule has 6 rings (SSSR count). The quantitative estimate of drug-likeness (QED) is 0.121. The van der Waals surface area contributed by atoms with Crippen molar-refractivity contribution in [2.75, 3.05) is 14.2 Å². The highest BCUT2D eigenvalue weighted by atomic mass is 16.5. The average molecular weight is 569 g/mol. The summed E-state index contributed by atoms with van der Waals surface area (Å²) in [6.07, 6.45) is 5.93. The van der Waals surface area contributed by atoms with Crippen molar-refractivity contribution in [3.8, 4) is 34.1 Å². The molecule has 0 fully saturated rings. The van der Waals surface area contributed by atoms with E-state index in [-0.39, 0.29) is 18.0 Å². The number of allylic oxidation sites excluding steroid dienone is 2. The first-order chi connectivity index (χ1) is 21.0. The van der Waals surface area contributed by atoms with E-state index >= 15 is 0 Å². The van der Waals surface area contributed by atoms with E-state index in [0.29, 0.717) is 22.7 Å². The Morgan fingerprint density at radius 2 is 1.02 bits per heavy atom. The van der Waals surface area contributed by atoms with E-state index in [1.165, 1.54) is 12.2 Å². The number of ketones is 2. The van der Waals surface area contributed by atoms with Crippen LogP contribution in [0.5, 0.6) is 11.5 Å².